The summed E-state index contributed by atoms with van der Waals surface area (Å²) in [6.07, 6.45) is 0. The van der Waals surface area contributed by atoms with Crippen LogP contribution in [0.3, 0.4) is 0 Å². The second kappa shape index (κ2) is 5830. The smallest absolute Gasteiger partial charge is 0 e. The molecule has 11 heavy (non-hydrogen) atoms. The van der Waals surface area contributed by atoms with Crippen LogP contribution < -0.4 is 0 Å². The largest absolute Gasteiger partial charge is 0.412 e. The first-order valence-electron chi connectivity index (χ1n) is 0.733. The Morgan fingerprint density at radius 3 is 0.545 bits per heavy atom. The maximum absolute atomic E-state index is 7.00. The van der Waals surface area contributed by atoms with Crippen LogP contribution in [0.1, 0.15) is 0 Å². The zero-order valence-corrected chi connectivity index (χ0v) is 7.01. The maximum atomic E-state index is 7.00. The molecule has 0 aromatic heterocycles. The second-order valence-electron chi connectivity index (χ2n) is 0. The minimum absolute atomic E-state index is 0. The van der Waals surface area contributed by atoms with E-state index >= 15 is 0 Å². The molecular formula is H8O10Pt. The predicted octanol–water partition coefficient (Wildman–Crippen LogP) is -1.48. The minimum atomic E-state index is 0. The van der Waals surface area contributed by atoms with Gasteiger partial charge in [0, 0.05) is 40.9 Å². The Morgan fingerprint density at radius 2 is 0.545 bits per heavy atom. The van der Waals surface area contributed by atoms with Crippen LogP contribution in [-0.2, 0) is 21.1 Å². The van der Waals surface area contributed by atoms with Crippen molar-refractivity contribution in [3.05, 3.63) is 19.9 Å². The Kier molecular flexibility index (Phi) is 39500. The van der Waals surface area contributed by atoms with Crippen molar-refractivity contribution in [2.75, 3.05) is 0 Å². The maximum Gasteiger partial charge on any atom is 0 e. The molecule has 0 rings (SSSR count). The van der Waals surface area contributed by atoms with E-state index in [4.69, 9.17) is 40.9 Å². The van der Waals surface area contributed by atoms with Gasteiger partial charge >= 0.3 is 0 Å². The molecule has 78 valence electrons. The molecule has 0 saturated carbocycles. The van der Waals surface area contributed by atoms with Crippen LogP contribution in [-0.4, -0.2) is 32.0 Å². The van der Waals surface area contributed by atoms with Gasteiger partial charge in [-0.05, 0) is 0 Å². The fourth-order valence-electron chi connectivity index (χ4n) is 0. The van der Waals surface area contributed by atoms with E-state index in [9.17, 15) is 0 Å². The molecule has 0 atom stereocenters. The molecule has 0 aromatic rings. The number of rotatable bonds is 0. The van der Waals surface area contributed by atoms with E-state index in [1.54, 1.807) is 0 Å². The quantitative estimate of drug-likeness (QED) is 0.293. The summed E-state index contributed by atoms with van der Waals surface area (Å²) in [6.45, 7) is 0. The summed E-state index contributed by atoms with van der Waals surface area (Å²) in [5, 5.41) is 24.0. The Morgan fingerprint density at radius 1 is 0.545 bits per heavy atom. The van der Waals surface area contributed by atoms with Gasteiger partial charge in [0.25, 0.3) is 0 Å². The third-order valence-corrected chi connectivity index (χ3v) is 0. The van der Waals surface area contributed by atoms with Gasteiger partial charge in [-0.15, -0.1) is 0 Å². The monoisotopic (exact) mass is 363 g/mol. The first kappa shape index (κ1) is 74.5. The predicted molar refractivity (Wildman–Crippen MR) is 31.2 cm³/mol. The van der Waals surface area contributed by atoms with Crippen molar-refractivity contribution >= 4 is 0 Å². The van der Waals surface area contributed by atoms with E-state index in [-0.39, 0.29) is 32.0 Å². The number of hydrogen-bond acceptors (Lipinski definition) is 8. The van der Waals surface area contributed by atoms with E-state index in [2.05, 4.69) is 0 Å². The summed E-state index contributed by atoms with van der Waals surface area (Å²) in [4.78, 5) is 28.0. The van der Waals surface area contributed by atoms with Crippen molar-refractivity contribution < 1.29 is 53.0 Å². The molecule has 0 saturated heterocycles. The van der Waals surface area contributed by atoms with Crippen LogP contribution in [0.5, 0.6) is 0 Å². The van der Waals surface area contributed by atoms with E-state index in [0.29, 0.717) is 0 Å². The van der Waals surface area contributed by atoms with Crippen LogP contribution in [0.15, 0.2) is 0 Å². The minimum Gasteiger partial charge on any atom is -0.412 e. The molecule has 0 aliphatic carbocycles. The van der Waals surface area contributed by atoms with Crippen LogP contribution >= 0.6 is 0 Å². The van der Waals surface area contributed by atoms with Crippen molar-refractivity contribution in [3.63, 3.8) is 0 Å². The van der Waals surface area contributed by atoms with Gasteiger partial charge in [-0.1, -0.05) is 0 Å². The van der Waals surface area contributed by atoms with Crippen molar-refractivity contribution in [1.82, 2.24) is 0 Å². The fourth-order valence-corrected chi connectivity index (χ4v) is 0. The Balaban J connectivity index is -0.00000000356. The normalized spacial score (nSPS) is 1.82. The third kappa shape index (κ3) is 4560. The van der Waals surface area contributed by atoms with Gasteiger partial charge in [0.1, 0.15) is 0 Å². The van der Waals surface area contributed by atoms with Gasteiger partial charge in [0.2, 0.25) is 0 Å². The van der Waals surface area contributed by atoms with Crippen LogP contribution in [0, 0.1) is 19.9 Å². The van der Waals surface area contributed by atoms with Gasteiger partial charge in [-0.25, -0.2) is 0 Å². The Bertz CT molecular complexity index is 6.83. The molecule has 0 aliphatic heterocycles. The topological polar surface area (TPSA) is 212 Å². The average molecular weight is 363 g/mol. The first-order chi connectivity index (χ1) is 4.00. The molecule has 0 fully saturated rings. The van der Waals surface area contributed by atoms with E-state index in [1.807, 2.05) is 0 Å². The molecule has 8 N–H and O–H groups in total. The molecule has 0 unspecified atom stereocenters. The van der Waals surface area contributed by atoms with Gasteiger partial charge < -0.3 is 11.0 Å². The zero-order chi connectivity index (χ0) is 8.00. The third-order valence-electron chi connectivity index (χ3n) is 0. The molecule has 11 heteroatoms. The van der Waals surface area contributed by atoms with E-state index in [1.165, 1.54) is 0 Å². The average Bonchev–Trinajstić information content (AvgIpc) is 2.03. The summed E-state index contributed by atoms with van der Waals surface area (Å²) in [6, 6.07) is 0. The SMILES string of the molecule is O.O.O=O.O=O.OO.OO.[Pt]. The standard InChI is InChI=1S/2H2O2.2O2.2H2O.Pt/c4*1-2;;;/h2*1-2H;;;2*1H2;. The van der Waals surface area contributed by atoms with Crippen molar-refractivity contribution in [2.45, 2.75) is 0 Å². The van der Waals surface area contributed by atoms with Gasteiger partial charge in [-0.3, -0.25) is 21.0 Å². The molecule has 0 aromatic carbocycles. The molecule has 0 amide bonds. The van der Waals surface area contributed by atoms with E-state index < -0.39 is 0 Å². The summed E-state index contributed by atoms with van der Waals surface area (Å²) in [5.74, 6) is 0. The van der Waals surface area contributed by atoms with Gasteiger partial charge in [-0.2, -0.15) is 0 Å². The summed E-state index contributed by atoms with van der Waals surface area (Å²) in [7, 11) is 0. The summed E-state index contributed by atoms with van der Waals surface area (Å²) >= 11 is 0. The Hall–Kier alpha value is -0.352. The summed E-state index contributed by atoms with van der Waals surface area (Å²) in [5.41, 5.74) is 0. The van der Waals surface area contributed by atoms with Crippen LogP contribution in [0.4, 0.5) is 0 Å². The van der Waals surface area contributed by atoms with Crippen molar-refractivity contribution in [1.29, 1.82) is 0 Å². The van der Waals surface area contributed by atoms with Gasteiger partial charge in [0.05, 0.1) is 0 Å². The molecule has 0 heterocycles. The fraction of sp³-hybridized carbons (Fsp3) is 0. The molecule has 0 bridgehead atoms. The Labute approximate surface area is 73.6 Å². The zero-order valence-electron chi connectivity index (χ0n) is 4.74. The first-order valence-corrected chi connectivity index (χ1v) is 0.733. The van der Waals surface area contributed by atoms with Crippen molar-refractivity contribution in [3.8, 4) is 0 Å². The number of hydrogen-bond donors (Lipinski definition) is 4. The molecule has 10 nitrogen and oxygen atoms in total. The summed E-state index contributed by atoms with van der Waals surface area (Å²) < 4.78 is 0. The molecular weight excluding hydrogens is 355 g/mol. The second-order valence-corrected chi connectivity index (χ2v) is 0. The molecule has 0 radical (unpaired) electrons. The van der Waals surface area contributed by atoms with Crippen LogP contribution in [0.2, 0.25) is 0 Å². The van der Waals surface area contributed by atoms with Crippen LogP contribution in [0.25, 0.3) is 0 Å². The van der Waals surface area contributed by atoms with Crippen molar-refractivity contribution in [2.24, 2.45) is 0 Å². The molecule has 0 spiro atoms. The van der Waals surface area contributed by atoms with Gasteiger partial charge in [0.15, 0.2) is 0 Å². The molecule has 0 aliphatic rings. The van der Waals surface area contributed by atoms with E-state index in [0.717, 1.165) is 0 Å².